The van der Waals surface area contributed by atoms with Gasteiger partial charge in [0.2, 0.25) is 0 Å². The third kappa shape index (κ3) is 4.38. The summed E-state index contributed by atoms with van der Waals surface area (Å²) in [6.07, 6.45) is -12.8. The lowest BCUT2D eigenvalue weighted by atomic mass is 10.3. The van der Waals surface area contributed by atoms with Crippen LogP contribution >= 0.6 is 0 Å². The Bertz CT molecular complexity index is 470. The summed E-state index contributed by atoms with van der Waals surface area (Å²) in [5, 5.41) is 0. The van der Waals surface area contributed by atoms with Gasteiger partial charge in [-0.3, -0.25) is 0 Å². The summed E-state index contributed by atoms with van der Waals surface area (Å²) in [4.78, 5) is 0. The van der Waals surface area contributed by atoms with Gasteiger partial charge < -0.3 is 4.74 Å². The molecule has 0 N–H and O–H groups in total. The standard InChI is InChI=1S/C8H9F9O4S/c1-2-3-4-20-6(11,12)5(9,10)7(13,14)21-22(18,19)8(15,16)17/h2-4H2,1H3. The van der Waals surface area contributed by atoms with E-state index in [0.29, 0.717) is 0 Å². The monoisotopic (exact) mass is 372 g/mol. The molecule has 0 aliphatic carbocycles. The summed E-state index contributed by atoms with van der Waals surface area (Å²) in [5.41, 5.74) is -6.51. The van der Waals surface area contributed by atoms with E-state index in [1.54, 1.807) is 0 Å². The number of halogens is 9. The van der Waals surface area contributed by atoms with Crippen molar-refractivity contribution in [2.75, 3.05) is 6.61 Å². The van der Waals surface area contributed by atoms with E-state index >= 15 is 0 Å². The molecular formula is C8H9F9O4S. The number of ether oxygens (including phenoxy) is 1. The maximum absolute atomic E-state index is 12.9. The van der Waals surface area contributed by atoms with Crippen molar-refractivity contribution in [3.05, 3.63) is 0 Å². The minimum atomic E-state index is -7.24. The lowest BCUT2D eigenvalue weighted by Gasteiger charge is -2.31. The van der Waals surface area contributed by atoms with E-state index in [-0.39, 0.29) is 12.8 Å². The highest BCUT2D eigenvalue weighted by atomic mass is 32.2. The maximum atomic E-state index is 12.9. The zero-order chi connectivity index (χ0) is 18.0. The molecule has 0 aromatic carbocycles. The molecule has 22 heavy (non-hydrogen) atoms. The Morgan fingerprint density at radius 2 is 1.32 bits per heavy atom. The largest absolute Gasteiger partial charge is 0.523 e. The van der Waals surface area contributed by atoms with Crippen molar-refractivity contribution in [3.8, 4) is 0 Å². The van der Waals surface area contributed by atoms with E-state index in [2.05, 4.69) is 4.74 Å². The zero-order valence-corrected chi connectivity index (χ0v) is 11.4. The molecule has 0 saturated heterocycles. The molecule has 0 bridgehead atoms. The first kappa shape index (κ1) is 21.2. The van der Waals surface area contributed by atoms with Crippen molar-refractivity contribution in [1.82, 2.24) is 0 Å². The van der Waals surface area contributed by atoms with Gasteiger partial charge in [-0.1, -0.05) is 13.3 Å². The SMILES string of the molecule is CCCCOC(F)(F)C(F)(F)C(F)(F)OS(=O)(=O)C(F)(F)F. The Hall–Kier alpha value is -0.760. The van der Waals surface area contributed by atoms with E-state index in [1.165, 1.54) is 6.92 Å². The lowest BCUT2D eigenvalue weighted by Crippen LogP contribution is -2.58. The zero-order valence-electron chi connectivity index (χ0n) is 10.6. The number of alkyl halides is 9. The van der Waals surface area contributed by atoms with Crippen LogP contribution in [0.1, 0.15) is 19.8 Å². The van der Waals surface area contributed by atoms with Crippen molar-refractivity contribution < 1.29 is 56.9 Å². The molecule has 0 aliphatic heterocycles. The summed E-state index contributed by atoms with van der Waals surface area (Å²) < 4.78 is 138. The van der Waals surface area contributed by atoms with Gasteiger partial charge in [-0.05, 0) is 6.42 Å². The fourth-order valence-electron chi connectivity index (χ4n) is 0.842. The molecule has 0 amide bonds. The Kier molecular flexibility index (Phi) is 6.17. The van der Waals surface area contributed by atoms with Gasteiger partial charge >= 0.3 is 33.8 Å². The van der Waals surface area contributed by atoms with Gasteiger partial charge in [0, 0.05) is 0 Å². The van der Waals surface area contributed by atoms with Crippen LogP contribution in [-0.2, 0) is 19.0 Å². The van der Waals surface area contributed by atoms with E-state index < -0.39 is 40.4 Å². The van der Waals surface area contributed by atoms with Crippen LogP contribution in [0, 0.1) is 0 Å². The van der Waals surface area contributed by atoms with Crippen LogP contribution in [0.4, 0.5) is 39.5 Å². The molecule has 0 spiro atoms. The Balaban J connectivity index is 5.40. The van der Waals surface area contributed by atoms with E-state index in [9.17, 15) is 47.9 Å². The van der Waals surface area contributed by atoms with Crippen molar-refractivity contribution in [3.63, 3.8) is 0 Å². The minimum absolute atomic E-state index is 0.150. The van der Waals surface area contributed by atoms with Crippen LogP contribution in [0.15, 0.2) is 0 Å². The minimum Gasteiger partial charge on any atom is -0.315 e. The van der Waals surface area contributed by atoms with Crippen LogP contribution in [0.3, 0.4) is 0 Å². The van der Waals surface area contributed by atoms with Gasteiger partial charge in [-0.25, -0.2) is 0 Å². The summed E-state index contributed by atoms with van der Waals surface area (Å²) >= 11 is 0. The van der Waals surface area contributed by atoms with Gasteiger partial charge in [0.05, 0.1) is 6.61 Å². The molecule has 0 aromatic heterocycles. The molecule has 0 fully saturated rings. The topological polar surface area (TPSA) is 52.6 Å². The second-order valence-electron chi connectivity index (χ2n) is 3.79. The van der Waals surface area contributed by atoms with Crippen molar-refractivity contribution in [2.45, 2.75) is 43.4 Å². The molecule has 0 rings (SSSR count). The quantitative estimate of drug-likeness (QED) is 0.283. The third-order valence-corrected chi connectivity index (χ3v) is 3.01. The van der Waals surface area contributed by atoms with E-state index in [1.807, 2.05) is 4.18 Å². The van der Waals surface area contributed by atoms with E-state index in [4.69, 9.17) is 0 Å². The van der Waals surface area contributed by atoms with Gasteiger partial charge in [-0.2, -0.15) is 52.1 Å². The molecular weight excluding hydrogens is 363 g/mol. The van der Waals surface area contributed by atoms with Gasteiger partial charge in [0.15, 0.2) is 0 Å². The second-order valence-corrected chi connectivity index (χ2v) is 5.33. The molecule has 0 aliphatic rings. The predicted molar refractivity (Wildman–Crippen MR) is 51.8 cm³/mol. The molecule has 0 heterocycles. The van der Waals surface area contributed by atoms with E-state index in [0.717, 1.165) is 0 Å². The summed E-state index contributed by atoms with van der Waals surface area (Å²) in [7, 11) is -7.24. The first-order valence-electron chi connectivity index (χ1n) is 5.31. The highest BCUT2D eigenvalue weighted by molar-refractivity contribution is 7.87. The third-order valence-electron chi connectivity index (χ3n) is 2.01. The highest BCUT2D eigenvalue weighted by Gasteiger charge is 2.77. The normalized spacial score (nSPS) is 15.2. The Morgan fingerprint density at radius 1 is 0.864 bits per heavy atom. The molecule has 0 atom stereocenters. The van der Waals surface area contributed by atoms with Crippen LogP contribution < -0.4 is 0 Å². The molecule has 0 saturated carbocycles. The molecule has 0 radical (unpaired) electrons. The number of rotatable bonds is 8. The van der Waals surface area contributed by atoms with Gasteiger partial charge in [-0.15, -0.1) is 0 Å². The van der Waals surface area contributed by atoms with Crippen molar-refractivity contribution in [1.29, 1.82) is 0 Å². The number of hydrogen-bond donors (Lipinski definition) is 0. The predicted octanol–water partition coefficient (Wildman–Crippen LogP) is 3.49. The van der Waals surface area contributed by atoms with Gasteiger partial charge in [0.1, 0.15) is 0 Å². The first-order chi connectivity index (χ1) is 9.52. The summed E-state index contributed by atoms with van der Waals surface area (Å²) in [6, 6.07) is 0. The maximum Gasteiger partial charge on any atom is 0.523 e. The summed E-state index contributed by atoms with van der Waals surface area (Å²) in [5.74, 6) is -6.67. The number of unbranched alkanes of at least 4 members (excludes halogenated alkanes) is 1. The van der Waals surface area contributed by atoms with Crippen LogP contribution in [0.5, 0.6) is 0 Å². The fourth-order valence-corrected chi connectivity index (χ4v) is 1.32. The average molecular weight is 372 g/mol. The second kappa shape index (κ2) is 6.39. The smallest absolute Gasteiger partial charge is 0.315 e. The van der Waals surface area contributed by atoms with Crippen LogP contribution in [0.25, 0.3) is 0 Å². The molecule has 14 heteroatoms. The van der Waals surface area contributed by atoms with Gasteiger partial charge in [0.25, 0.3) is 0 Å². The highest BCUT2D eigenvalue weighted by Crippen LogP contribution is 2.48. The summed E-state index contributed by atoms with van der Waals surface area (Å²) in [6.45, 7) is 0.286. The van der Waals surface area contributed by atoms with Crippen LogP contribution in [0.2, 0.25) is 0 Å². The van der Waals surface area contributed by atoms with Crippen molar-refractivity contribution >= 4 is 10.1 Å². The molecule has 0 aromatic rings. The van der Waals surface area contributed by atoms with Crippen LogP contribution in [-0.4, -0.2) is 38.7 Å². The Morgan fingerprint density at radius 3 is 1.68 bits per heavy atom. The first-order valence-corrected chi connectivity index (χ1v) is 6.72. The van der Waals surface area contributed by atoms with Crippen molar-refractivity contribution in [2.24, 2.45) is 0 Å². The molecule has 4 nitrogen and oxygen atoms in total. The fraction of sp³-hybridized carbons (Fsp3) is 1.00. The average Bonchev–Trinajstić information content (AvgIpc) is 2.25. The number of hydrogen-bond acceptors (Lipinski definition) is 4. The molecule has 134 valence electrons. The lowest BCUT2D eigenvalue weighted by molar-refractivity contribution is -0.434. The Labute approximate surface area is 118 Å². The molecule has 0 unspecified atom stereocenters.